The summed E-state index contributed by atoms with van der Waals surface area (Å²) in [6, 6.07) is 9.03. The lowest BCUT2D eigenvalue weighted by Gasteiger charge is -2.32. The molecule has 1 aromatic carbocycles. The van der Waals surface area contributed by atoms with E-state index in [0.29, 0.717) is 6.04 Å². The van der Waals surface area contributed by atoms with Gasteiger partial charge in [-0.2, -0.15) is 0 Å². The van der Waals surface area contributed by atoms with Crippen molar-refractivity contribution >= 4 is 5.91 Å². The van der Waals surface area contributed by atoms with Gasteiger partial charge in [0.25, 0.3) is 0 Å². The van der Waals surface area contributed by atoms with E-state index in [2.05, 4.69) is 41.4 Å². The predicted octanol–water partition coefficient (Wildman–Crippen LogP) is 2.49. The minimum Gasteiger partial charge on any atom is -0.353 e. The number of benzene rings is 1. The number of hydrogen-bond donors (Lipinski definition) is 1. The molecule has 0 bridgehead atoms. The van der Waals surface area contributed by atoms with Gasteiger partial charge in [-0.05, 0) is 50.3 Å². The highest BCUT2D eigenvalue weighted by molar-refractivity contribution is 5.79. The van der Waals surface area contributed by atoms with E-state index in [1.165, 1.54) is 24.0 Å². The average molecular weight is 272 g/mol. The maximum absolute atomic E-state index is 12.2. The van der Waals surface area contributed by atoms with Crippen molar-refractivity contribution in [2.24, 2.45) is 5.92 Å². The summed E-state index contributed by atoms with van der Waals surface area (Å²) in [4.78, 5) is 14.6. The molecule has 108 valence electrons. The standard InChI is InChI=1S/C17H24N2O/c1-13-5-2-3-6-14(13)11-19-10-4-7-15(12-19)17(20)18-16-8-9-16/h2-3,5-6,15-16H,4,7-12H2,1H3,(H,18,20). The summed E-state index contributed by atoms with van der Waals surface area (Å²) in [6.07, 6.45) is 4.52. The second kappa shape index (κ2) is 5.96. The average Bonchev–Trinajstić information content (AvgIpc) is 3.26. The molecule has 1 N–H and O–H groups in total. The second-order valence-corrected chi connectivity index (χ2v) is 6.28. The number of nitrogens with one attached hydrogen (secondary N) is 1. The minimum absolute atomic E-state index is 0.188. The Kier molecular flexibility index (Phi) is 4.06. The van der Waals surface area contributed by atoms with Crippen molar-refractivity contribution in [3.8, 4) is 0 Å². The number of nitrogens with zero attached hydrogens (tertiary/aromatic N) is 1. The number of carbonyl (C=O) groups is 1. The van der Waals surface area contributed by atoms with Crippen LogP contribution in [0.25, 0.3) is 0 Å². The van der Waals surface area contributed by atoms with Crippen molar-refractivity contribution in [3.63, 3.8) is 0 Å². The minimum atomic E-state index is 0.188. The lowest BCUT2D eigenvalue weighted by atomic mass is 9.96. The monoisotopic (exact) mass is 272 g/mol. The van der Waals surface area contributed by atoms with Crippen LogP contribution in [0.1, 0.15) is 36.8 Å². The maximum Gasteiger partial charge on any atom is 0.224 e. The smallest absolute Gasteiger partial charge is 0.224 e. The van der Waals surface area contributed by atoms with Gasteiger partial charge in [0.15, 0.2) is 0 Å². The van der Waals surface area contributed by atoms with Crippen LogP contribution in [0.3, 0.4) is 0 Å². The molecule has 1 saturated heterocycles. The first kappa shape index (κ1) is 13.6. The van der Waals surface area contributed by atoms with Crippen LogP contribution >= 0.6 is 0 Å². The van der Waals surface area contributed by atoms with E-state index in [4.69, 9.17) is 0 Å². The first-order chi connectivity index (χ1) is 9.72. The summed E-state index contributed by atoms with van der Waals surface area (Å²) in [5.41, 5.74) is 2.73. The molecule has 3 heteroatoms. The van der Waals surface area contributed by atoms with Gasteiger partial charge in [0, 0.05) is 19.1 Å². The molecule has 0 radical (unpaired) electrons. The number of piperidine rings is 1. The fourth-order valence-corrected chi connectivity index (χ4v) is 2.99. The third kappa shape index (κ3) is 3.40. The molecule has 1 saturated carbocycles. The molecule has 0 aromatic heterocycles. The Morgan fingerprint density at radius 3 is 2.85 bits per heavy atom. The SMILES string of the molecule is Cc1ccccc1CN1CCCC(C(=O)NC2CC2)C1. The molecule has 20 heavy (non-hydrogen) atoms. The number of hydrogen-bond acceptors (Lipinski definition) is 2. The Hall–Kier alpha value is -1.35. The van der Waals surface area contributed by atoms with E-state index in [1.54, 1.807) is 0 Å². The molecule has 0 spiro atoms. The lowest BCUT2D eigenvalue weighted by Crippen LogP contribution is -2.43. The molecule has 3 nitrogen and oxygen atoms in total. The van der Waals surface area contributed by atoms with Gasteiger partial charge in [-0.3, -0.25) is 9.69 Å². The summed E-state index contributed by atoms with van der Waals surface area (Å²) < 4.78 is 0. The van der Waals surface area contributed by atoms with Crippen molar-refractivity contribution in [2.45, 2.75) is 45.2 Å². The van der Waals surface area contributed by atoms with Crippen LogP contribution in [-0.4, -0.2) is 29.9 Å². The molecular weight excluding hydrogens is 248 g/mol. The van der Waals surface area contributed by atoms with E-state index < -0.39 is 0 Å². The van der Waals surface area contributed by atoms with E-state index in [0.717, 1.165) is 32.5 Å². The molecule has 1 atom stereocenters. The molecule has 1 amide bonds. The topological polar surface area (TPSA) is 32.3 Å². The van der Waals surface area contributed by atoms with E-state index in [1.807, 2.05) is 0 Å². The number of carbonyl (C=O) groups excluding carboxylic acids is 1. The molecule has 2 aliphatic rings. The number of amides is 1. The fourth-order valence-electron chi connectivity index (χ4n) is 2.99. The highest BCUT2D eigenvalue weighted by atomic mass is 16.2. The van der Waals surface area contributed by atoms with Gasteiger partial charge >= 0.3 is 0 Å². The highest BCUT2D eigenvalue weighted by Gasteiger charge is 2.30. The van der Waals surface area contributed by atoms with Crippen LogP contribution in [0.15, 0.2) is 24.3 Å². The Balaban J connectivity index is 1.57. The molecule has 1 unspecified atom stereocenters. The zero-order valence-electron chi connectivity index (χ0n) is 12.3. The van der Waals surface area contributed by atoms with Crippen LogP contribution in [0, 0.1) is 12.8 Å². The van der Waals surface area contributed by atoms with Gasteiger partial charge in [-0.15, -0.1) is 0 Å². The zero-order chi connectivity index (χ0) is 13.9. The first-order valence-corrected chi connectivity index (χ1v) is 7.79. The Labute approximate surface area is 121 Å². The van der Waals surface area contributed by atoms with Crippen molar-refractivity contribution in [2.75, 3.05) is 13.1 Å². The summed E-state index contributed by atoms with van der Waals surface area (Å²) >= 11 is 0. The zero-order valence-corrected chi connectivity index (χ0v) is 12.3. The van der Waals surface area contributed by atoms with Crippen LogP contribution < -0.4 is 5.32 Å². The quantitative estimate of drug-likeness (QED) is 0.913. The first-order valence-electron chi connectivity index (χ1n) is 7.79. The molecular formula is C17H24N2O. The van der Waals surface area contributed by atoms with E-state index in [-0.39, 0.29) is 11.8 Å². The summed E-state index contributed by atoms with van der Waals surface area (Å²) in [6.45, 7) is 5.16. The molecule has 1 heterocycles. The van der Waals surface area contributed by atoms with Crippen molar-refractivity contribution < 1.29 is 4.79 Å². The van der Waals surface area contributed by atoms with Gasteiger partial charge in [0.1, 0.15) is 0 Å². The van der Waals surface area contributed by atoms with E-state index in [9.17, 15) is 4.79 Å². The normalized spacial score (nSPS) is 23.6. The predicted molar refractivity (Wildman–Crippen MR) is 80.3 cm³/mol. The fraction of sp³-hybridized carbons (Fsp3) is 0.588. The molecule has 2 fully saturated rings. The van der Waals surface area contributed by atoms with Gasteiger partial charge in [0.2, 0.25) is 5.91 Å². The second-order valence-electron chi connectivity index (χ2n) is 6.28. The van der Waals surface area contributed by atoms with Crippen LogP contribution in [-0.2, 0) is 11.3 Å². The van der Waals surface area contributed by atoms with Gasteiger partial charge in [0.05, 0.1) is 5.92 Å². The van der Waals surface area contributed by atoms with Crippen molar-refractivity contribution in [3.05, 3.63) is 35.4 Å². The van der Waals surface area contributed by atoms with Crippen LogP contribution in [0.2, 0.25) is 0 Å². The van der Waals surface area contributed by atoms with Crippen LogP contribution in [0.5, 0.6) is 0 Å². The van der Waals surface area contributed by atoms with Crippen molar-refractivity contribution in [1.82, 2.24) is 10.2 Å². The third-order valence-corrected chi connectivity index (χ3v) is 4.46. The Morgan fingerprint density at radius 2 is 2.10 bits per heavy atom. The molecule has 3 rings (SSSR count). The summed E-state index contributed by atoms with van der Waals surface area (Å²) in [5.74, 6) is 0.468. The highest BCUT2D eigenvalue weighted by Crippen LogP contribution is 2.23. The number of aryl methyl sites for hydroxylation is 1. The van der Waals surface area contributed by atoms with Gasteiger partial charge < -0.3 is 5.32 Å². The molecule has 1 aliphatic carbocycles. The summed E-state index contributed by atoms with van der Waals surface area (Å²) in [7, 11) is 0. The van der Waals surface area contributed by atoms with Gasteiger partial charge in [-0.1, -0.05) is 24.3 Å². The van der Waals surface area contributed by atoms with Crippen molar-refractivity contribution in [1.29, 1.82) is 0 Å². The Bertz CT molecular complexity index is 482. The summed E-state index contributed by atoms with van der Waals surface area (Å²) in [5, 5.41) is 3.15. The van der Waals surface area contributed by atoms with Gasteiger partial charge in [-0.25, -0.2) is 0 Å². The number of rotatable bonds is 4. The lowest BCUT2D eigenvalue weighted by molar-refractivity contribution is -0.126. The molecule has 1 aliphatic heterocycles. The largest absolute Gasteiger partial charge is 0.353 e. The number of likely N-dealkylation sites (tertiary alicyclic amines) is 1. The molecule has 1 aromatic rings. The van der Waals surface area contributed by atoms with Crippen LogP contribution in [0.4, 0.5) is 0 Å². The van der Waals surface area contributed by atoms with E-state index >= 15 is 0 Å². The third-order valence-electron chi connectivity index (χ3n) is 4.46. The maximum atomic E-state index is 12.2. The Morgan fingerprint density at radius 1 is 1.30 bits per heavy atom.